The number of carboxylic acid groups (broad SMARTS) is 1. The lowest BCUT2D eigenvalue weighted by molar-refractivity contribution is -0.141. The van der Waals surface area contributed by atoms with Crippen LogP contribution in [0, 0.1) is 17.6 Å². The molecule has 27 heavy (non-hydrogen) atoms. The van der Waals surface area contributed by atoms with Crippen LogP contribution in [0.3, 0.4) is 0 Å². The second kappa shape index (κ2) is 6.73. The van der Waals surface area contributed by atoms with Gasteiger partial charge in [0, 0.05) is 42.8 Å². The molecule has 6 nitrogen and oxygen atoms in total. The third-order valence-corrected chi connectivity index (χ3v) is 5.60. The van der Waals surface area contributed by atoms with Crippen molar-refractivity contribution in [3.05, 3.63) is 58.9 Å². The van der Waals surface area contributed by atoms with Crippen molar-refractivity contribution in [3.63, 3.8) is 0 Å². The number of nitrogens with zero attached hydrogens (tertiary/aromatic N) is 3. The number of carbonyl (C=O) groups excluding carboxylic acids is 1. The average Bonchev–Trinajstić information content (AvgIpc) is 3.28. The van der Waals surface area contributed by atoms with E-state index in [-0.39, 0.29) is 31.0 Å². The highest BCUT2D eigenvalue weighted by Gasteiger charge is 2.41. The number of amides is 1. The van der Waals surface area contributed by atoms with Gasteiger partial charge in [-0.15, -0.1) is 11.3 Å². The predicted molar refractivity (Wildman–Crippen MR) is 93.6 cm³/mol. The van der Waals surface area contributed by atoms with Crippen molar-refractivity contribution in [2.45, 2.75) is 12.3 Å². The van der Waals surface area contributed by atoms with Gasteiger partial charge >= 0.3 is 5.97 Å². The molecule has 0 saturated carbocycles. The fourth-order valence-electron chi connectivity index (χ4n) is 3.50. The number of carbonyl (C=O) groups is 2. The molecule has 1 aromatic carbocycles. The van der Waals surface area contributed by atoms with E-state index in [9.17, 15) is 23.5 Å². The highest BCUT2D eigenvalue weighted by Crippen LogP contribution is 2.35. The molecule has 2 atom stereocenters. The molecule has 140 valence electrons. The van der Waals surface area contributed by atoms with Crippen molar-refractivity contribution in [2.75, 3.05) is 13.1 Å². The molecule has 1 fully saturated rings. The minimum absolute atomic E-state index is 0.0160. The molecule has 1 saturated heterocycles. The monoisotopic (exact) mass is 391 g/mol. The SMILES string of the molecule is O=C(O)[C@H]1CN(C(=O)Cc2cn3ccsc3n2)C[C@@H]1c1ccc(F)cc1F. The number of likely N-dealkylation sites (tertiary alicyclic amines) is 1. The van der Waals surface area contributed by atoms with Gasteiger partial charge in [-0.25, -0.2) is 13.8 Å². The van der Waals surface area contributed by atoms with Gasteiger partial charge in [0.25, 0.3) is 0 Å². The van der Waals surface area contributed by atoms with E-state index in [0.29, 0.717) is 5.69 Å². The highest BCUT2D eigenvalue weighted by atomic mass is 32.1. The quantitative estimate of drug-likeness (QED) is 0.742. The van der Waals surface area contributed by atoms with Gasteiger partial charge in [0.05, 0.1) is 18.0 Å². The van der Waals surface area contributed by atoms with E-state index in [2.05, 4.69) is 4.98 Å². The number of aromatic nitrogens is 2. The number of thiazole rings is 1. The largest absolute Gasteiger partial charge is 0.481 e. The number of carboxylic acids is 1. The first kappa shape index (κ1) is 17.6. The van der Waals surface area contributed by atoms with Crippen LogP contribution in [0.5, 0.6) is 0 Å². The number of hydrogen-bond acceptors (Lipinski definition) is 4. The summed E-state index contributed by atoms with van der Waals surface area (Å²) in [6, 6.07) is 3.08. The first-order valence-corrected chi connectivity index (χ1v) is 9.17. The highest BCUT2D eigenvalue weighted by molar-refractivity contribution is 7.15. The fourth-order valence-corrected chi connectivity index (χ4v) is 4.22. The lowest BCUT2D eigenvalue weighted by Crippen LogP contribution is -2.31. The molecule has 9 heteroatoms. The Morgan fingerprint density at radius 2 is 2.11 bits per heavy atom. The lowest BCUT2D eigenvalue weighted by Gasteiger charge is -2.16. The van der Waals surface area contributed by atoms with E-state index >= 15 is 0 Å². The summed E-state index contributed by atoms with van der Waals surface area (Å²) in [4.78, 5) is 30.8. The van der Waals surface area contributed by atoms with E-state index in [4.69, 9.17) is 0 Å². The van der Waals surface area contributed by atoms with Gasteiger partial charge in [0.2, 0.25) is 5.91 Å². The van der Waals surface area contributed by atoms with Crippen LogP contribution in [-0.2, 0) is 16.0 Å². The molecule has 0 aliphatic carbocycles. The van der Waals surface area contributed by atoms with Gasteiger partial charge in [0.1, 0.15) is 11.6 Å². The Hall–Kier alpha value is -2.81. The van der Waals surface area contributed by atoms with Gasteiger partial charge in [-0.2, -0.15) is 0 Å². The summed E-state index contributed by atoms with van der Waals surface area (Å²) in [6.07, 6.45) is 3.63. The van der Waals surface area contributed by atoms with Crippen molar-refractivity contribution >= 4 is 28.2 Å². The zero-order chi connectivity index (χ0) is 19.1. The molecule has 4 rings (SSSR count). The van der Waals surface area contributed by atoms with Gasteiger partial charge < -0.3 is 10.0 Å². The van der Waals surface area contributed by atoms with Crippen molar-refractivity contribution in [1.29, 1.82) is 0 Å². The molecule has 3 aromatic rings. The standard InChI is InChI=1S/C18H15F2N3O3S/c19-10-1-2-12(15(20)5-10)13-8-23(9-14(13)17(25)26)16(24)6-11-7-22-3-4-27-18(22)21-11/h1-5,7,13-14H,6,8-9H2,(H,25,26)/t13-,14+/m1/s1. The number of hydrogen-bond donors (Lipinski definition) is 1. The maximum atomic E-state index is 14.1. The summed E-state index contributed by atoms with van der Waals surface area (Å²) in [6.45, 7) is 0.0540. The molecule has 3 heterocycles. The number of benzene rings is 1. The summed E-state index contributed by atoms with van der Waals surface area (Å²) in [5.74, 6) is -4.57. The molecule has 0 unspecified atom stereocenters. The van der Waals surface area contributed by atoms with Crippen molar-refractivity contribution < 1.29 is 23.5 Å². The maximum absolute atomic E-state index is 14.1. The summed E-state index contributed by atoms with van der Waals surface area (Å²) in [5, 5.41) is 11.4. The number of fused-ring (bicyclic) bond motifs is 1. The Labute approximate surface area is 156 Å². The summed E-state index contributed by atoms with van der Waals surface area (Å²) >= 11 is 1.45. The van der Waals surface area contributed by atoms with Crippen LogP contribution in [0.2, 0.25) is 0 Å². The second-order valence-electron chi connectivity index (χ2n) is 6.52. The van der Waals surface area contributed by atoms with Crippen LogP contribution in [0.25, 0.3) is 4.96 Å². The Bertz CT molecular complexity index is 1000. The predicted octanol–water partition coefficient (Wildman–Crippen LogP) is 2.54. The number of aliphatic carboxylic acids is 1. The first-order chi connectivity index (χ1) is 12.9. The Morgan fingerprint density at radius 3 is 2.81 bits per heavy atom. The Morgan fingerprint density at radius 1 is 1.30 bits per heavy atom. The molecule has 1 amide bonds. The molecular formula is C18H15F2N3O3S. The van der Waals surface area contributed by atoms with Gasteiger partial charge in [-0.3, -0.25) is 14.0 Å². The Kier molecular flexibility index (Phi) is 4.39. The maximum Gasteiger partial charge on any atom is 0.308 e. The third-order valence-electron chi connectivity index (χ3n) is 4.83. The van der Waals surface area contributed by atoms with E-state index in [1.807, 2.05) is 16.0 Å². The summed E-state index contributed by atoms with van der Waals surface area (Å²) < 4.78 is 29.1. The van der Waals surface area contributed by atoms with Gasteiger partial charge in [-0.1, -0.05) is 6.07 Å². The number of imidazole rings is 1. The molecular weight excluding hydrogens is 376 g/mol. The van der Waals surface area contributed by atoms with Crippen LogP contribution >= 0.6 is 11.3 Å². The molecule has 1 N–H and O–H groups in total. The smallest absolute Gasteiger partial charge is 0.308 e. The average molecular weight is 391 g/mol. The van der Waals surface area contributed by atoms with E-state index < -0.39 is 29.4 Å². The normalized spacial score (nSPS) is 19.7. The first-order valence-electron chi connectivity index (χ1n) is 8.29. The van der Waals surface area contributed by atoms with Crippen LogP contribution < -0.4 is 0 Å². The minimum Gasteiger partial charge on any atom is -0.481 e. The fraction of sp³-hybridized carbons (Fsp3) is 0.278. The topological polar surface area (TPSA) is 74.9 Å². The van der Waals surface area contributed by atoms with Crippen molar-refractivity contribution in [2.24, 2.45) is 5.92 Å². The van der Waals surface area contributed by atoms with Crippen LogP contribution in [-0.4, -0.2) is 44.4 Å². The number of rotatable bonds is 4. The van der Waals surface area contributed by atoms with Crippen molar-refractivity contribution in [1.82, 2.24) is 14.3 Å². The molecule has 0 radical (unpaired) electrons. The molecule has 1 aliphatic heterocycles. The summed E-state index contributed by atoms with van der Waals surface area (Å²) in [5.41, 5.74) is 0.705. The molecule has 2 aromatic heterocycles. The van der Waals surface area contributed by atoms with Gasteiger partial charge in [-0.05, 0) is 11.6 Å². The second-order valence-corrected chi connectivity index (χ2v) is 7.39. The minimum atomic E-state index is -1.11. The van der Waals surface area contributed by atoms with Crippen LogP contribution in [0.4, 0.5) is 8.78 Å². The van der Waals surface area contributed by atoms with Crippen molar-refractivity contribution in [3.8, 4) is 0 Å². The van der Waals surface area contributed by atoms with E-state index in [1.54, 1.807) is 6.20 Å². The summed E-state index contributed by atoms with van der Waals surface area (Å²) in [7, 11) is 0. The molecule has 0 bridgehead atoms. The van der Waals surface area contributed by atoms with E-state index in [1.165, 1.54) is 22.3 Å². The zero-order valence-electron chi connectivity index (χ0n) is 14.0. The van der Waals surface area contributed by atoms with Crippen LogP contribution in [0.15, 0.2) is 36.0 Å². The third kappa shape index (κ3) is 3.30. The Balaban J connectivity index is 1.54. The van der Waals surface area contributed by atoms with Crippen LogP contribution in [0.1, 0.15) is 17.2 Å². The lowest BCUT2D eigenvalue weighted by atomic mass is 9.88. The van der Waals surface area contributed by atoms with Gasteiger partial charge in [0.15, 0.2) is 4.96 Å². The van der Waals surface area contributed by atoms with E-state index in [0.717, 1.165) is 17.1 Å². The zero-order valence-corrected chi connectivity index (χ0v) is 14.8. The molecule has 1 aliphatic rings. The molecule has 0 spiro atoms. The number of halogens is 2.